The van der Waals surface area contributed by atoms with Crippen LogP contribution in [0.5, 0.6) is 11.5 Å². The lowest BCUT2D eigenvalue weighted by atomic mass is 10.2. The second kappa shape index (κ2) is 10.5. The maximum absolute atomic E-state index is 12.6. The van der Waals surface area contributed by atoms with Gasteiger partial charge in [-0.1, -0.05) is 41.9 Å². The van der Waals surface area contributed by atoms with Crippen LogP contribution in [-0.2, 0) is 0 Å². The van der Waals surface area contributed by atoms with Crippen molar-refractivity contribution in [2.45, 2.75) is 0 Å². The summed E-state index contributed by atoms with van der Waals surface area (Å²) in [6.45, 7) is 0. The number of rotatable bonds is 8. The van der Waals surface area contributed by atoms with Crippen LogP contribution in [0.1, 0.15) is 10.4 Å². The van der Waals surface area contributed by atoms with Crippen LogP contribution >= 0.6 is 11.6 Å². The van der Waals surface area contributed by atoms with E-state index >= 15 is 0 Å². The number of halogens is 1. The van der Waals surface area contributed by atoms with Crippen LogP contribution in [0, 0.1) is 0 Å². The average Bonchev–Trinajstić information content (AvgIpc) is 2.87. The number of para-hydroxylation sites is 2. The Kier molecular flexibility index (Phi) is 7.10. The van der Waals surface area contributed by atoms with Gasteiger partial charge < -0.3 is 25.4 Å². The number of hydrogen-bond donors (Lipinski definition) is 3. The van der Waals surface area contributed by atoms with Crippen molar-refractivity contribution in [3.05, 3.63) is 89.6 Å². The van der Waals surface area contributed by atoms with Crippen LogP contribution in [0.2, 0.25) is 5.02 Å². The van der Waals surface area contributed by atoms with Crippen molar-refractivity contribution in [2.75, 3.05) is 30.2 Å². The number of aromatic nitrogens is 2. The molecule has 34 heavy (non-hydrogen) atoms. The second-order valence-corrected chi connectivity index (χ2v) is 7.48. The molecule has 8 nitrogen and oxygen atoms in total. The van der Waals surface area contributed by atoms with E-state index in [9.17, 15) is 4.79 Å². The molecule has 0 radical (unpaired) electrons. The molecule has 4 rings (SSSR count). The zero-order chi connectivity index (χ0) is 23.9. The first-order valence-corrected chi connectivity index (χ1v) is 10.7. The second-order valence-electron chi connectivity index (χ2n) is 7.08. The summed E-state index contributed by atoms with van der Waals surface area (Å²) in [5.74, 6) is 1.66. The Hall–Kier alpha value is -4.30. The molecule has 0 bridgehead atoms. The van der Waals surface area contributed by atoms with Gasteiger partial charge in [0.25, 0.3) is 5.91 Å². The molecule has 0 spiro atoms. The first kappa shape index (κ1) is 22.9. The van der Waals surface area contributed by atoms with Gasteiger partial charge >= 0.3 is 0 Å². The van der Waals surface area contributed by atoms with Crippen LogP contribution in [0.3, 0.4) is 0 Å². The van der Waals surface area contributed by atoms with Gasteiger partial charge in [-0.3, -0.25) is 4.79 Å². The zero-order valence-corrected chi connectivity index (χ0v) is 19.3. The van der Waals surface area contributed by atoms with Crippen LogP contribution in [0.25, 0.3) is 0 Å². The van der Waals surface area contributed by atoms with Gasteiger partial charge in [0.15, 0.2) is 17.3 Å². The molecule has 0 fully saturated rings. The lowest BCUT2D eigenvalue weighted by Gasteiger charge is -2.15. The summed E-state index contributed by atoms with van der Waals surface area (Å²) in [5, 5.41) is 9.54. The highest BCUT2D eigenvalue weighted by Crippen LogP contribution is 2.32. The van der Waals surface area contributed by atoms with E-state index < -0.39 is 0 Å². The molecule has 0 saturated carbocycles. The molecule has 1 amide bonds. The molecule has 0 aliphatic heterocycles. The SMILES string of the molecule is COc1ccc(Nc2ncc(Cl)c(Nc3ccccc3NC(=O)c3ccccc3)n2)cc1OC. The number of nitrogens with zero attached hydrogens (tertiary/aromatic N) is 2. The van der Waals surface area contributed by atoms with Crippen molar-refractivity contribution in [3.8, 4) is 11.5 Å². The summed E-state index contributed by atoms with van der Waals surface area (Å²) < 4.78 is 10.6. The average molecular weight is 476 g/mol. The first-order chi connectivity index (χ1) is 16.6. The molecule has 3 aromatic carbocycles. The largest absolute Gasteiger partial charge is 0.493 e. The van der Waals surface area contributed by atoms with Gasteiger partial charge in [0, 0.05) is 17.3 Å². The lowest BCUT2D eigenvalue weighted by molar-refractivity contribution is 0.102. The number of benzene rings is 3. The molecule has 1 aromatic heterocycles. The Morgan fingerprint density at radius 3 is 2.29 bits per heavy atom. The maximum atomic E-state index is 12.6. The molecule has 0 atom stereocenters. The van der Waals surface area contributed by atoms with Gasteiger partial charge in [-0.05, 0) is 36.4 Å². The van der Waals surface area contributed by atoms with E-state index in [0.717, 1.165) is 0 Å². The molecule has 172 valence electrons. The van der Waals surface area contributed by atoms with Gasteiger partial charge in [0.2, 0.25) is 5.95 Å². The minimum atomic E-state index is -0.223. The summed E-state index contributed by atoms with van der Waals surface area (Å²) in [7, 11) is 3.14. The van der Waals surface area contributed by atoms with E-state index in [4.69, 9.17) is 21.1 Å². The summed E-state index contributed by atoms with van der Waals surface area (Å²) in [6.07, 6.45) is 1.49. The van der Waals surface area contributed by atoms with Crippen molar-refractivity contribution >= 4 is 46.3 Å². The molecular weight excluding hydrogens is 454 g/mol. The summed E-state index contributed by atoms with van der Waals surface area (Å²) in [4.78, 5) is 21.4. The Bertz CT molecular complexity index is 1300. The standard InChI is InChI=1S/C25H22ClN5O3/c1-33-21-13-12-17(14-22(21)34-2)28-25-27-15-18(26)23(31-25)29-19-10-6-7-11-20(19)30-24(32)16-8-4-3-5-9-16/h3-15H,1-2H3,(H,30,32)(H2,27,28,29,31). The van der Waals surface area contributed by atoms with Crippen LogP contribution in [-0.4, -0.2) is 30.1 Å². The Labute approximate surface area is 201 Å². The fourth-order valence-corrected chi connectivity index (χ4v) is 3.31. The predicted octanol–water partition coefficient (Wildman–Crippen LogP) is 5.89. The number of ether oxygens (including phenoxy) is 2. The van der Waals surface area contributed by atoms with Gasteiger partial charge in [-0.25, -0.2) is 4.98 Å². The van der Waals surface area contributed by atoms with Crippen LogP contribution in [0.4, 0.5) is 28.8 Å². The molecule has 1 heterocycles. The highest BCUT2D eigenvalue weighted by Gasteiger charge is 2.12. The number of hydrogen-bond acceptors (Lipinski definition) is 7. The molecule has 9 heteroatoms. The lowest BCUT2D eigenvalue weighted by Crippen LogP contribution is -2.13. The number of anilines is 5. The van der Waals surface area contributed by atoms with E-state index in [-0.39, 0.29) is 5.91 Å². The van der Waals surface area contributed by atoms with E-state index in [1.807, 2.05) is 42.5 Å². The van der Waals surface area contributed by atoms with Gasteiger partial charge in [-0.15, -0.1) is 0 Å². The molecule has 0 aliphatic rings. The van der Waals surface area contributed by atoms with Crippen molar-refractivity contribution < 1.29 is 14.3 Å². The van der Waals surface area contributed by atoms with E-state index in [0.29, 0.717) is 50.9 Å². The molecule has 3 N–H and O–H groups in total. The number of methoxy groups -OCH3 is 2. The maximum Gasteiger partial charge on any atom is 0.255 e. The highest BCUT2D eigenvalue weighted by atomic mass is 35.5. The van der Waals surface area contributed by atoms with Gasteiger partial charge in [0.1, 0.15) is 5.02 Å². The smallest absolute Gasteiger partial charge is 0.255 e. The molecule has 0 aliphatic carbocycles. The third kappa shape index (κ3) is 5.36. The van der Waals surface area contributed by atoms with Crippen molar-refractivity contribution in [3.63, 3.8) is 0 Å². The molecular formula is C25H22ClN5O3. The first-order valence-electron chi connectivity index (χ1n) is 10.3. The molecule has 0 saturated heterocycles. The Morgan fingerprint density at radius 2 is 1.56 bits per heavy atom. The fraction of sp³-hybridized carbons (Fsp3) is 0.0800. The topological polar surface area (TPSA) is 97.4 Å². The summed E-state index contributed by atoms with van der Waals surface area (Å²) in [5.41, 5.74) is 2.48. The number of carbonyl (C=O) groups is 1. The van der Waals surface area contributed by atoms with E-state index in [1.54, 1.807) is 44.6 Å². The number of carbonyl (C=O) groups excluding carboxylic acids is 1. The van der Waals surface area contributed by atoms with Gasteiger partial charge in [0.05, 0.1) is 31.8 Å². The quantitative estimate of drug-likeness (QED) is 0.292. The number of nitrogens with one attached hydrogen (secondary N) is 3. The third-order valence-corrected chi connectivity index (χ3v) is 5.12. The monoisotopic (exact) mass is 475 g/mol. The molecule has 0 unspecified atom stereocenters. The summed E-state index contributed by atoms with van der Waals surface area (Å²) >= 11 is 6.35. The van der Waals surface area contributed by atoms with E-state index in [1.165, 1.54) is 6.20 Å². The van der Waals surface area contributed by atoms with Crippen molar-refractivity contribution in [2.24, 2.45) is 0 Å². The number of amides is 1. The third-order valence-electron chi connectivity index (χ3n) is 4.85. The Morgan fingerprint density at radius 1 is 0.853 bits per heavy atom. The fourth-order valence-electron chi connectivity index (χ4n) is 3.17. The predicted molar refractivity (Wildman–Crippen MR) is 134 cm³/mol. The summed E-state index contributed by atoms with van der Waals surface area (Å²) in [6, 6.07) is 21.6. The van der Waals surface area contributed by atoms with Crippen molar-refractivity contribution in [1.82, 2.24) is 9.97 Å². The van der Waals surface area contributed by atoms with E-state index in [2.05, 4.69) is 25.9 Å². The Balaban J connectivity index is 1.55. The highest BCUT2D eigenvalue weighted by molar-refractivity contribution is 6.33. The minimum Gasteiger partial charge on any atom is -0.493 e. The normalized spacial score (nSPS) is 10.3. The zero-order valence-electron chi connectivity index (χ0n) is 18.5. The van der Waals surface area contributed by atoms with Crippen LogP contribution < -0.4 is 25.4 Å². The van der Waals surface area contributed by atoms with Crippen LogP contribution in [0.15, 0.2) is 79.0 Å². The minimum absolute atomic E-state index is 0.223. The van der Waals surface area contributed by atoms with Crippen molar-refractivity contribution in [1.29, 1.82) is 0 Å². The molecule has 4 aromatic rings. The van der Waals surface area contributed by atoms with Gasteiger partial charge in [-0.2, -0.15) is 4.98 Å².